The van der Waals surface area contributed by atoms with Crippen LogP contribution in [0.2, 0.25) is 0 Å². The van der Waals surface area contributed by atoms with Gasteiger partial charge in [0.25, 0.3) is 5.91 Å². The quantitative estimate of drug-likeness (QED) is 0.442. The molecule has 1 saturated heterocycles. The van der Waals surface area contributed by atoms with E-state index in [1.165, 1.54) is 17.1 Å². The minimum atomic E-state index is -0.959. The lowest BCUT2D eigenvalue weighted by Crippen LogP contribution is -2.64. The number of carbonyl (C=O) groups is 2. The lowest BCUT2D eigenvalue weighted by atomic mass is 9.85. The molecule has 6 rings (SSSR count). The van der Waals surface area contributed by atoms with E-state index in [-0.39, 0.29) is 17.5 Å². The van der Waals surface area contributed by atoms with E-state index >= 15 is 0 Å². The molecule has 8 nitrogen and oxygen atoms in total. The molecule has 34 heavy (non-hydrogen) atoms. The monoisotopic (exact) mass is 454 g/mol. The Balaban J connectivity index is 1.27. The fourth-order valence-electron chi connectivity index (χ4n) is 5.26. The van der Waals surface area contributed by atoms with Gasteiger partial charge in [0.15, 0.2) is 0 Å². The van der Waals surface area contributed by atoms with Crippen molar-refractivity contribution in [3.05, 3.63) is 71.7 Å². The normalized spacial score (nSPS) is 17.5. The van der Waals surface area contributed by atoms with Crippen LogP contribution in [0.3, 0.4) is 0 Å². The van der Waals surface area contributed by atoms with Crippen molar-refractivity contribution in [2.75, 3.05) is 19.6 Å². The molecule has 2 aromatic carbocycles. The summed E-state index contributed by atoms with van der Waals surface area (Å²) in [5.74, 6) is -0.391. The van der Waals surface area contributed by atoms with Gasteiger partial charge in [-0.05, 0) is 56.1 Å². The lowest BCUT2D eigenvalue weighted by Gasteiger charge is -2.41. The zero-order chi connectivity index (χ0) is 23.1. The van der Waals surface area contributed by atoms with Crippen LogP contribution in [0.4, 0.5) is 0 Å². The van der Waals surface area contributed by atoms with Gasteiger partial charge in [0.1, 0.15) is 11.2 Å². The van der Waals surface area contributed by atoms with E-state index in [1.54, 1.807) is 0 Å². The Morgan fingerprint density at radius 1 is 1.00 bits per heavy atom. The van der Waals surface area contributed by atoms with Gasteiger partial charge in [0.2, 0.25) is 5.91 Å². The first kappa shape index (κ1) is 20.8. The van der Waals surface area contributed by atoms with Crippen LogP contribution in [-0.2, 0) is 17.8 Å². The molecule has 0 unspecified atom stereocenters. The summed E-state index contributed by atoms with van der Waals surface area (Å²) in [6, 6.07) is 15.7. The minimum Gasteiger partial charge on any atom is -0.357 e. The number of hydrogen-bond donors (Lipinski definition) is 3. The molecule has 0 atom stereocenters. The average Bonchev–Trinajstić information content (AvgIpc) is 3.26. The van der Waals surface area contributed by atoms with E-state index in [2.05, 4.69) is 37.7 Å². The van der Waals surface area contributed by atoms with Gasteiger partial charge in [-0.2, -0.15) is 0 Å². The van der Waals surface area contributed by atoms with E-state index in [1.807, 2.05) is 41.3 Å². The fourth-order valence-corrected chi connectivity index (χ4v) is 5.26. The topological polar surface area (TPSA) is 103 Å². The predicted octanol–water partition coefficient (Wildman–Crippen LogP) is 2.55. The highest BCUT2D eigenvalue weighted by Crippen LogP contribution is 2.30. The third-order valence-corrected chi connectivity index (χ3v) is 7.07. The Labute approximate surface area is 196 Å². The van der Waals surface area contributed by atoms with Gasteiger partial charge in [-0.3, -0.25) is 14.6 Å². The van der Waals surface area contributed by atoms with Crippen molar-refractivity contribution in [2.24, 2.45) is 0 Å². The zero-order valence-corrected chi connectivity index (χ0v) is 18.8. The predicted molar refractivity (Wildman–Crippen MR) is 129 cm³/mol. The largest absolute Gasteiger partial charge is 0.357 e. The molecule has 0 radical (unpaired) electrons. The highest BCUT2D eigenvalue weighted by atomic mass is 16.2. The maximum absolute atomic E-state index is 13.9. The third kappa shape index (κ3) is 3.51. The number of fused-ring (bicyclic) bond motifs is 4. The lowest BCUT2D eigenvalue weighted by molar-refractivity contribution is -0.140. The molecular weight excluding hydrogens is 428 g/mol. The number of amides is 2. The van der Waals surface area contributed by atoms with Crippen molar-refractivity contribution >= 4 is 33.8 Å². The number of aromatic nitrogens is 3. The molecule has 2 aliphatic rings. The van der Waals surface area contributed by atoms with E-state index in [0.717, 1.165) is 23.1 Å². The number of para-hydroxylation sites is 3. The van der Waals surface area contributed by atoms with Crippen molar-refractivity contribution in [3.8, 4) is 0 Å². The van der Waals surface area contributed by atoms with Crippen LogP contribution in [0.25, 0.3) is 21.9 Å². The van der Waals surface area contributed by atoms with Crippen LogP contribution < -0.4 is 10.6 Å². The summed E-state index contributed by atoms with van der Waals surface area (Å²) in [7, 11) is 0. The number of nitrogens with one attached hydrogen (secondary N) is 3. The number of carbonyl (C=O) groups excluding carboxylic acids is 2. The Hall–Kier alpha value is -3.78. The summed E-state index contributed by atoms with van der Waals surface area (Å²) in [6.07, 6.45) is 3.35. The average molecular weight is 455 g/mol. The molecule has 2 amide bonds. The Kier molecular flexibility index (Phi) is 5.03. The van der Waals surface area contributed by atoms with E-state index < -0.39 is 5.54 Å². The maximum Gasteiger partial charge on any atom is 0.272 e. The SMILES string of the molecule is O=C(NC1(C(=O)N2CCc3c([nH]c4ccccc34)C2)CCNCC1)c1cnc2ccccc2n1. The summed E-state index contributed by atoms with van der Waals surface area (Å²) >= 11 is 0. The van der Waals surface area contributed by atoms with E-state index in [4.69, 9.17) is 0 Å². The van der Waals surface area contributed by atoms with Crippen molar-refractivity contribution in [3.63, 3.8) is 0 Å². The number of hydrogen-bond acceptors (Lipinski definition) is 5. The van der Waals surface area contributed by atoms with Crippen molar-refractivity contribution in [1.29, 1.82) is 0 Å². The summed E-state index contributed by atoms with van der Waals surface area (Å²) in [5, 5.41) is 7.62. The van der Waals surface area contributed by atoms with Gasteiger partial charge in [0, 0.05) is 23.1 Å². The van der Waals surface area contributed by atoms with Crippen molar-refractivity contribution in [2.45, 2.75) is 31.3 Å². The number of piperidine rings is 1. The second-order valence-corrected chi connectivity index (χ2v) is 9.13. The van der Waals surface area contributed by atoms with Crippen LogP contribution in [0, 0.1) is 0 Å². The van der Waals surface area contributed by atoms with E-state index in [0.29, 0.717) is 44.5 Å². The smallest absolute Gasteiger partial charge is 0.272 e. The molecule has 3 N–H and O–H groups in total. The zero-order valence-electron chi connectivity index (χ0n) is 18.8. The molecule has 8 heteroatoms. The van der Waals surface area contributed by atoms with Gasteiger partial charge >= 0.3 is 0 Å². The molecule has 0 spiro atoms. The van der Waals surface area contributed by atoms with Gasteiger partial charge in [-0.15, -0.1) is 0 Å². The first-order valence-electron chi connectivity index (χ1n) is 11.8. The third-order valence-electron chi connectivity index (χ3n) is 7.07. The minimum absolute atomic E-state index is 0.0274. The Bertz CT molecular complexity index is 1400. The molecule has 1 fully saturated rings. The van der Waals surface area contributed by atoms with Crippen LogP contribution >= 0.6 is 0 Å². The van der Waals surface area contributed by atoms with Gasteiger partial charge in [-0.1, -0.05) is 30.3 Å². The van der Waals surface area contributed by atoms with Crippen LogP contribution in [-0.4, -0.2) is 56.8 Å². The van der Waals surface area contributed by atoms with E-state index in [9.17, 15) is 9.59 Å². The molecular formula is C26H26N6O2. The van der Waals surface area contributed by atoms with Gasteiger partial charge in [-0.25, -0.2) is 4.98 Å². The summed E-state index contributed by atoms with van der Waals surface area (Å²) in [5.41, 5.74) is 4.12. The molecule has 4 heterocycles. The van der Waals surface area contributed by atoms with Crippen LogP contribution in [0.5, 0.6) is 0 Å². The van der Waals surface area contributed by atoms with Gasteiger partial charge in [0.05, 0.1) is 23.8 Å². The van der Waals surface area contributed by atoms with Crippen LogP contribution in [0.1, 0.15) is 34.6 Å². The van der Waals surface area contributed by atoms with Crippen LogP contribution in [0.15, 0.2) is 54.7 Å². The molecule has 0 bridgehead atoms. The molecule has 172 valence electrons. The second-order valence-electron chi connectivity index (χ2n) is 9.13. The first-order valence-corrected chi connectivity index (χ1v) is 11.8. The number of nitrogens with zero attached hydrogens (tertiary/aromatic N) is 3. The fraction of sp³-hybridized carbons (Fsp3) is 0.308. The molecule has 0 saturated carbocycles. The molecule has 2 aliphatic heterocycles. The number of H-pyrrole nitrogens is 1. The Morgan fingerprint density at radius 2 is 1.76 bits per heavy atom. The second kappa shape index (κ2) is 8.22. The molecule has 0 aliphatic carbocycles. The van der Waals surface area contributed by atoms with Crippen molar-refractivity contribution in [1.82, 2.24) is 30.5 Å². The summed E-state index contributed by atoms with van der Waals surface area (Å²) in [6.45, 7) is 2.49. The highest BCUT2D eigenvalue weighted by molar-refractivity contribution is 5.99. The van der Waals surface area contributed by atoms with Crippen molar-refractivity contribution < 1.29 is 9.59 Å². The molecule has 4 aromatic rings. The van der Waals surface area contributed by atoms with Gasteiger partial charge < -0.3 is 20.5 Å². The standard InChI is InChI=1S/C26H26N6O2/c33-24(22-15-28-20-7-3-4-8-21(20)30-22)31-26(10-12-27-13-11-26)25(34)32-14-9-18-17-5-1-2-6-19(17)29-23(18)16-32/h1-8,15,27,29H,9-14,16H2,(H,31,33). The number of rotatable bonds is 3. The Morgan fingerprint density at radius 3 is 2.62 bits per heavy atom. The molecule has 2 aromatic heterocycles. The maximum atomic E-state index is 13.9. The highest BCUT2D eigenvalue weighted by Gasteiger charge is 2.44. The summed E-state index contributed by atoms with van der Waals surface area (Å²) in [4.78, 5) is 41.4. The number of aromatic amines is 1. The first-order chi connectivity index (χ1) is 16.6. The summed E-state index contributed by atoms with van der Waals surface area (Å²) < 4.78 is 0. The number of benzene rings is 2.